The Hall–Kier alpha value is -2.30. The van der Waals surface area contributed by atoms with Crippen LogP contribution in [0.15, 0.2) is 36.7 Å². The van der Waals surface area contributed by atoms with Gasteiger partial charge in [-0.15, -0.1) is 0 Å². The fourth-order valence-corrected chi connectivity index (χ4v) is 2.30. The zero-order valence-corrected chi connectivity index (χ0v) is 12.5. The molecule has 0 spiro atoms. The fourth-order valence-electron chi connectivity index (χ4n) is 2.30. The lowest BCUT2D eigenvalue weighted by molar-refractivity contribution is 0.0306. The van der Waals surface area contributed by atoms with Gasteiger partial charge >= 0.3 is 6.09 Å². The highest BCUT2D eigenvalue weighted by Crippen LogP contribution is 2.22. The lowest BCUT2D eigenvalue weighted by atomic mass is 10.2. The molecule has 0 saturated carbocycles. The SMILES string of the molecule is CC(C)(C)OC(=O)N1CC=C(c2cn3ccccc3n2)C1. The maximum Gasteiger partial charge on any atom is 0.410 e. The summed E-state index contributed by atoms with van der Waals surface area (Å²) in [4.78, 5) is 18.3. The zero-order valence-electron chi connectivity index (χ0n) is 12.5. The van der Waals surface area contributed by atoms with E-state index in [1.54, 1.807) is 4.90 Å². The van der Waals surface area contributed by atoms with Crippen LogP contribution in [0, 0.1) is 0 Å². The van der Waals surface area contributed by atoms with Crippen molar-refractivity contribution < 1.29 is 9.53 Å². The Morgan fingerprint density at radius 3 is 2.86 bits per heavy atom. The van der Waals surface area contributed by atoms with E-state index in [0.29, 0.717) is 13.1 Å². The predicted molar refractivity (Wildman–Crippen MR) is 81.0 cm³/mol. The summed E-state index contributed by atoms with van der Waals surface area (Å²) in [5.41, 5.74) is 2.41. The number of hydrogen-bond donors (Lipinski definition) is 0. The minimum absolute atomic E-state index is 0.280. The number of rotatable bonds is 1. The number of hydrogen-bond acceptors (Lipinski definition) is 3. The molecular weight excluding hydrogens is 266 g/mol. The van der Waals surface area contributed by atoms with Crippen molar-refractivity contribution in [2.75, 3.05) is 13.1 Å². The number of ether oxygens (including phenoxy) is 1. The Bertz CT molecular complexity index is 677. The standard InChI is InChI=1S/C16H19N3O2/c1-16(2,3)21-15(20)19-9-7-12(10-19)13-11-18-8-5-4-6-14(18)17-13/h4-8,11H,9-10H2,1-3H3. The zero-order chi connectivity index (χ0) is 15.0. The molecule has 0 N–H and O–H groups in total. The first-order valence-electron chi connectivity index (χ1n) is 7.03. The number of amides is 1. The molecule has 5 heteroatoms. The molecule has 1 aliphatic rings. The van der Waals surface area contributed by atoms with E-state index in [4.69, 9.17) is 4.74 Å². The maximum absolute atomic E-state index is 12.1. The van der Waals surface area contributed by atoms with E-state index in [2.05, 4.69) is 4.98 Å². The van der Waals surface area contributed by atoms with Crippen LogP contribution in [-0.2, 0) is 4.74 Å². The average molecular weight is 285 g/mol. The normalized spacial score (nSPS) is 15.4. The molecule has 21 heavy (non-hydrogen) atoms. The van der Waals surface area contributed by atoms with Crippen LogP contribution in [0.3, 0.4) is 0 Å². The quantitative estimate of drug-likeness (QED) is 0.809. The summed E-state index contributed by atoms with van der Waals surface area (Å²) in [5.74, 6) is 0. The van der Waals surface area contributed by atoms with Gasteiger partial charge in [-0.1, -0.05) is 12.1 Å². The summed E-state index contributed by atoms with van der Waals surface area (Å²) in [6, 6.07) is 5.89. The second-order valence-corrected chi connectivity index (χ2v) is 6.18. The number of imidazole rings is 1. The van der Waals surface area contributed by atoms with Gasteiger partial charge in [0.05, 0.1) is 12.2 Å². The van der Waals surface area contributed by atoms with Crippen molar-refractivity contribution in [2.45, 2.75) is 26.4 Å². The summed E-state index contributed by atoms with van der Waals surface area (Å²) in [7, 11) is 0. The molecule has 3 rings (SSSR count). The average Bonchev–Trinajstić information content (AvgIpc) is 3.03. The highest BCUT2D eigenvalue weighted by Gasteiger charge is 2.26. The number of nitrogens with zero attached hydrogens (tertiary/aromatic N) is 3. The van der Waals surface area contributed by atoms with E-state index >= 15 is 0 Å². The van der Waals surface area contributed by atoms with Gasteiger partial charge in [0.25, 0.3) is 0 Å². The third-order valence-electron chi connectivity index (χ3n) is 3.26. The van der Waals surface area contributed by atoms with Crippen molar-refractivity contribution in [1.29, 1.82) is 0 Å². The van der Waals surface area contributed by atoms with Gasteiger partial charge in [-0.3, -0.25) is 0 Å². The van der Waals surface area contributed by atoms with Crippen molar-refractivity contribution in [3.05, 3.63) is 42.4 Å². The molecule has 1 amide bonds. The molecule has 0 aliphatic carbocycles. The first kappa shape index (κ1) is 13.7. The molecule has 1 aliphatic heterocycles. The van der Waals surface area contributed by atoms with E-state index in [1.807, 2.05) is 61.8 Å². The first-order chi connectivity index (χ1) is 9.92. The minimum atomic E-state index is -0.469. The highest BCUT2D eigenvalue weighted by molar-refractivity contribution is 5.77. The topological polar surface area (TPSA) is 46.8 Å². The summed E-state index contributed by atoms with van der Waals surface area (Å²) in [6.07, 6.45) is 5.70. The molecule has 0 radical (unpaired) electrons. The van der Waals surface area contributed by atoms with E-state index in [9.17, 15) is 4.79 Å². The number of carbonyl (C=O) groups is 1. The molecule has 2 aromatic rings. The predicted octanol–water partition coefficient (Wildman–Crippen LogP) is 2.97. The monoisotopic (exact) mass is 285 g/mol. The summed E-state index contributed by atoms with van der Waals surface area (Å²) < 4.78 is 7.37. The van der Waals surface area contributed by atoms with E-state index in [0.717, 1.165) is 16.9 Å². The van der Waals surface area contributed by atoms with Crippen LogP contribution < -0.4 is 0 Å². The highest BCUT2D eigenvalue weighted by atomic mass is 16.6. The lowest BCUT2D eigenvalue weighted by Crippen LogP contribution is -2.35. The Morgan fingerprint density at radius 1 is 1.33 bits per heavy atom. The van der Waals surface area contributed by atoms with Crippen LogP contribution in [0.1, 0.15) is 26.5 Å². The smallest absolute Gasteiger partial charge is 0.410 e. The fraction of sp³-hybridized carbons (Fsp3) is 0.375. The van der Waals surface area contributed by atoms with Crippen molar-refractivity contribution in [3.63, 3.8) is 0 Å². The van der Waals surface area contributed by atoms with E-state index < -0.39 is 5.60 Å². The number of fused-ring (bicyclic) bond motifs is 1. The van der Waals surface area contributed by atoms with Gasteiger partial charge in [0.2, 0.25) is 0 Å². The molecule has 0 unspecified atom stereocenters. The molecular formula is C16H19N3O2. The van der Waals surface area contributed by atoms with Crippen LogP contribution in [0.25, 0.3) is 11.2 Å². The second kappa shape index (κ2) is 4.91. The lowest BCUT2D eigenvalue weighted by Gasteiger charge is -2.24. The molecule has 0 bridgehead atoms. The van der Waals surface area contributed by atoms with Gasteiger partial charge < -0.3 is 14.0 Å². The third-order valence-corrected chi connectivity index (χ3v) is 3.26. The van der Waals surface area contributed by atoms with Gasteiger partial charge in [-0.05, 0) is 38.5 Å². The van der Waals surface area contributed by atoms with Crippen LogP contribution in [0.5, 0.6) is 0 Å². The maximum atomic E-state index is 12.1. The minimum Gasteiger partial charge on any atom is -0.444 e. The molecule has 0 atom stereocenters. The van der Waals surface area contributed by atoms with Crippen molar-refractivity contribution in [2.24, 2.45) is 0 Å². The van der Waals surface area contributed by atoms with Crippen LogP contribution in [0.4, 0.5) is 4.79 Å². The Labute approximate surface area is 123 Å². The van der Waals surface area contributed by atoms with Gasteiger partial charge in [-0.2, -0.15) is 0 Å². The summed E-state index contributed by atoms with van der Waals surface area (Å²) >= 11 is 0. The molecule has 2 aromatic heterocycles. The Morgan fingerprint density at radius 2 is 2.14 bits per heavy atom. The van der Waals surface area contributed by atoms with Crippen molar-refractivity contribution >= 4 is 17.3 Å². The van der Waals surface area contributed by atoms with Crippen LogP contribution in [0.2, 0.25) is 0 Å². The van der Waals surface area contributed by atoms with Crippen LogP contribution >= 0.6 is 0 Å². The van der Waals surface area contributed by atoms with Crippen molar-refractivity contribution in [3.8, 4) is 0 Å². The molecule has 0 aromatic carbocycles. The van der Waals surface area contributed by atoms with E-state index in [1.165, 1.54) is 0 Å². The number of carbonyl (C=O) groups excluding carboxylic acids is 1. The van der Waals surface area contributed by atoms with Gasteiger partial charge in [-0.25, -0.2) is 9.78 Å². The largest absolute Gasteiger partial charge is 0.444 e. The van der Waals surface area contributed by atoms with Gasteiger partial charge in [0.15, 0.2) is 0 Å². The van der Waals surface area contributed by atoms with Gasteiger partial charge in [0.1, 0.15) is 11.2 Å². The Kier molecular flexibility index (Phi) is 3.20. The molecule has 3 heterocycles. The van der Waals surface area contributed by atoms with Gasteiger partial charge in [0, 0.05) is 18.9 Å². The molecule has 0 fully saturated rings. The number of pyridine rings is 1. The summed E-state index contributed by atoms with van der Waals surface area (Å²) in [6.45, 7) is 6.73. The molecule has 5 nitrogen and oxygen atoms in total. The van der Waals surface area contributed by atoms with E-state index in [-0.39, 0.29) is 6.09 Å². The first-order valence-corrected chi connectivity index (χ1v) is 7.03. The molecule has 110 valence electrons. The van der Waals surface area contributed by atoms with Crippen LogP contribution in [-0.4, -0.2) is 39.1 Å². The third kappa shape index (κ3) is 2.91. The second-order valence-electron chi connectivity index (χ2n) is 6.18. The summed E-state index contributed by atoms with van der Waals surface area (Å²) in [5, 5.41) is 0. The van der Waals surface area contributed by atoms with Crippen molar-refractivity contribution in [1.82, 2.24) is 14.3 Å². The molecule has 0 saturated heterocycles. The number of aromatic nitrogens is 2. The Balaban J connectivity index is 1.73.